The number of alkyl halides is 1. The molecule has 0 saturated carbocycles. The topological polar surface area (TPSA) is 46.2 Å². The molecule has 1 aromatic heterocycles. The summed E-state index contributed by atoms with van der Waals surface area (Å²) in [5.74, 6) is 1.45. The lowest BCUT2D eigenvalue weighted by Gasteiger charge is -2.14. The van der Waals surface area contributed by atoms with Crippen molar-refractivity contribution >= 4 is 63.9 Å². The summed E-state index contributed by atoms with van der Waals surface area (Å²) in [5.41, 5.74) is 3.04. The number of nitrogens with zero attached hydrogens (tertiary/aromatic N) is 1. The number of halogens is 3. The fraction of sp³-hybridized carbons (Fsp3) is 0.278. The molecule has 1 heterocycles. The Hall–Kier alpha value is -1.46. The number of nitrogens with one attached hydrogen (secondary N) is 2. The Morgan fingerprint density at radius 2 is 1.72 bits per heavy atom. The van der Waals surface area contributed by atoms with Gasteiger partial charge in [-0.1, -0.05) is 18.2 Å². The zero-order chi connectivity index (χ0) is 16.1. The van der Waals surface area contributed by atoms with Crippen LogP contribution in [0.4, 0.5) is 5.69 Å². The summed E-state index contributed by atoms with van der Waals surface area (Å²) in [4.78, 5) is 4.74. The lowest BCUT2D eigenvalue weighted by atomic mass is 10.1. The average Bonchev–Trinajstić information content (AvgIpc) is 2.60. The van der Waals surface area contributed by atoms with Crippen molar-refractivity contribution in [3.05, 3.63) is 42.5 Å². The van der Waals surface area contributed by atoms with Crippen LogP contribution in [0.1, 0.15) is 0 Å². The number of methoxy groups -OCH3 is 1. The summed E-state index contributed by atoms with van der Waals surface area (Å²) in [5, 5.41) is 9.02. The van der Waals surface area contributed by atoms with E-state index in [0.29, 0.717) is 5.88 Å². The van der Waals surface area contributed by atoms with Crippen LogP contribution in [0.3, 0.4) is 0 Å². The number of anilines is 1. The molecule has 3 rings (SSSR count). The number of fused-ring (bicyclic) bond motifs is 2. The maximum absolute atomic E-state index is 5.68. The van der Waals surface area contributed by atoms with Crippen molar-refractivity contribution in [2.75, 3.05) is 37.9 Å². The van der Waals surface area contributed by atoms with Crippen LogP contribution in [0.25, 0.3) is 21.8 Å². The van der Waals surface area contributed by atoms with E-state index < -0.39 is 0 Å². The molecule has 0 aliphatic heterocycles. The summed E-state index contributed by atoms with van der Waals surface area (Å²) in [7, 11) is 1.68. The van der Waals surface area contributed by atoms with E-state index in [1.165, 1.54) is 0 Å². The Morgan fingerprint density at radius 3 is 2.48 bits per heavy atom. The minimum absolute atomic E-state index is 0. The Bertz CT molecular complexity index is 814. The lowest BCUT2D eigenvalue weighted by Crippen LogP contribution is -2.24. The summed E-state index contributed by atoms with van der Waals surface area (Å²) in [6, 6.07) is 14.1. The molecule has 0 saturated heterocycles. The van der Waals surface area contributed by atoms with E-state index in [2.05, 4.69) is 16.7 Å². The molecule has 0 amide bonds. The highest BCUT2D eigenvalue weighted by Gasteiger charge is 2.09. The molecule has 0 fully saturated rings. The van der Waals surface area contributed by atoms with E-state index in [4.69, 9.17) is 21.3 Å². The Morgan fingerprint density at radius 1 is 0.960 bits per heavy atom. The van der Waals surface area contributed by atoms with Gasteiger partial charge in [-0.05, 0) is 24.3 Å². The summed E-state index contributed by atoms with van der Waals surface area (Å²) in [6.07, 6.45) is 0. The van der Waals surface area contributed by atoms with Gasteiger partial charge in [-0.3, -0.25) is 0 Å². The van der Waals surface area contributed by atoms with E-state index in [0.717, 1.165) is 52.9 Å². The quantitative estimate of drug-likeness (QED) is 0.347. The van der Waals surface area contributed by atoms with Crippen LogP contribution in [0.15, 0.2) is 42.5 Å². The highest BCUT2D eigenvalue weighted by molar-refractivity contribution is 6.18. The number of aromatic nitrogens is 1. The monoisotopic (exact) mass is 401 g/mol. The van der Waals surface area contributed by atoms with Crippen molar-refractivity contribution in [1.82, 2.24) is 10.3 Å². The van der Waals surface area contributed by atoms with Gasteiger partial charge in [0.2, 0.25) is 0 Å². The Kier molecular flexibility index (Phi) is 9.08. The molecule has 0 unspecified atom stereocenters. The largest absolute Gasteiger partial charge is 0.497 e. The van der Waals surface area contributed by atoms with Crippen molar-refractivity contribution in [2.45, 2.75) is 0 Å². The minimum atomic E-state index is 0. The summed E-state index contributed by atoms with van der Waals surface area (Å²) < 4.78 is 5.36. The fourth-order valence-electron chi connectivity index (χ4n) is 2.66. The third kappa shape index (κ3) is 5.02. The Balaban J connectivity index is 0.00000156. The molecule has 0 radical (unpaired) electrons. The molecular weight excluding hydrogens is 381 g/mol. The van der Waals surface area contributed by atoms with Gasteiger partial charge in [-0.15, -0.1) is 36.4 Å². The fourth-order valence-corrected chi connectivity index (χ4v) is 2.79. The van der Waals surface area contributed by atoms with Gasteiger partial charge >= 0.3 is 0 Å². The van der Waals surface area contributed by atoms with Crippen LogP contribution in [-0.4, -0.2) is 37.6 Å². The molecule has 4 nitrogen and oxygen atoms in total. The summed E-state index contributed by atoms with van der Waals surface area (Å²) >= 11 is 5.68. The van der Waals surface area contributed by atoms with Gasteiger partial charge in [0.25, 0.3) is 0 Å². The van der Waals surface area contributed by atoms with Crippen LogP contribution < -0.4 is 15.4 Å². The first-order valence-corrected chi connectivity index (χ1v) is 8.24. The molecule has 25 heavy (non-hydrogen) atoms. The predicted octanol–water partition coefficient (Wildman–Crippen LogP) is 4.48. The highest BCUT2D eigenvalue weighted by atomic mass is 35.5. The zero-order valence-electron chi connectivity index (χ0n) is 13.9. The number of hydrogen-bond acceptors (Lipinski definition) is 4. The van der Waals surface area contributed by atoms with Gasteiger partial charge in [-0.2, -0.15) is 0 Å². The van der Waals surface area contributed by atoms with Crippen LogP contribution in [-0.2, 0) is 0 Å². The molecule has 0 spiro atoms. The number of pyridine rings is 1. The maximum atomic E-state index is 5.68. The number of para-hydroxylation sites is 1. The van der Waals surface area contributed by atoms with Crippen LogP contribution in [0.5, 0.6) is 5.75 Å². The SMILES string of the molecule is COc1ccc2nc3ccccc3c(NCCNCCCl)c2c1.Cl.Cl. The number of rotatable bonds is 7. The normalized spacial score (nSPS) is 10.2. The predicted molar refractivity (Wildman–Crippen MR) is 112 cm³/mol. The molecule has 2 aromatic carbocycles. The zero-order valence-corrected chi connectivity index (χ0v) is 16.3. The second-order valence-corrected chi connectivity index (χ2v) is 5.63. The van der Waals surface area contributed by atoms with Gasteiger partial charge in [0, 0.05) is 36.3 Å². The van der Waals surface area contributed by atoms with Gasteiger partial charge in [0.1, 0.15) is 5.75 Å². The van der Waals surface area contributed by atoms with Crippen LogP contribution in [0.2, 0.25) is 0 Å². The van der Waals surface area contributed by atoms with Crippen molar-refractivity contribution in [3.8, 4) is 5.75 Å². The van der Waals surface area contributed by atoms with Gasteiger partial charge in [0.15, 0.2) is 0 Å². The molecule has 136 valence electrons. The first kappa shape index (κ1) is 21.6. The highest BCUT2D eigenvalue weighted by Crippen LogP contribution is 2.32. The van der Waals surface area contributed by atoms with E-state index in [9.17, 15) is 0 Å². The third-order valence-electron chi connectivity index (χ3n) is 3.76. The standard InChI is InChI=1S/C18H20ClN3O.2ClH/c1-23-13-6-7-17-15(12-13)18(21-11-10-20-9-8-19)14-4-2-3-5-16(14)22-17;;/h2-7,12,20H,8-11H2,1H3,(H,21,22);2*1H. The van der Waals surface area contributed by atoms with E-state index in [-0.39, 0.29) is 24.8 Å². The molecular formula is C18H22Cl3N3O. The molecule has 2 N–H and O–H groups in total. The molecule has 0 bridgehead atoms. The second kappa shape index (κ2) is 10.5. The Labute approximate surface area is 165 Å². The molecule has 0 aliphatic rings. The first-order chi connectivity index (χ1) is 11.3. The maximum Gasteiger partial charge on any atom is 0.119 e. The van der Waals surface area contributed by atoms with E-state index in [1.54, 1.807) is 7.11 Å². The second-order valence-electron chi connectivity index (χ2n) is 5.25. The molecule has 3 aromatic rings. The number of hydrogen-bond donors (Lipinski definition) is 2. The van der Waals surface area contributed by atoms with Crippen molar-refractivity contribution < 1.29 is 4.74 Å². The average molecular weight is 403 g/mol. The van der Waals surface area contributed by atoms with Crippen molar-refractivity contribution in [2.24, 2.45) is 0 Å². The molecule has 0 aliphatic carbocycles. The van der Waals surface area contributed by atoms with E-state index in [1.807, 2.05) is 36.4 Å². The van der Waals surface area contributed by atoms with Crippen LogP contribution >= 0.6 is 36.4 Å². The third-order valence-corrected chi connectivity index (χ3v) is 3.95. The first-order valence-electron chi connectivity index (χ1n) is 7.70. The minimum Gasteiger partial charge on any atom is -0.497 e. The van der Waals surface area contributed by atoms with Crippen LogP contribution in [0, 0.1) is 0 Å². The molecule has 0 atom stereocenters. The van der Waals surface area contributed by atoms with E-state index >= 15 is 0 Å². The van der Waals surface area contributed by atoms with Crippen molar-refractivity contribution in [1.29, 1.82) is 0 Å². The smallest absolute Gasteiger partial charge is 0.119 e. The lowest BCUT2D eigenvalue weighted by molar-refractivity contribution is 0.415. The number of benzene rings is 2. The van der Waals surface area contributed by atoms with Gasteiger partial charge < -0.3 is 15.4 Å². The molecule has 7 heteroatoms. The van der Waals surface area contributed by atoms with Gasteiger partial charge in [-0.25, -0.2) is 4.98 Å². The summed E-state index contributed by atoms with van der Waals surface area (Å²) in [6.45, 7) is 2.49. The number of ether oxygens (including phenoxy) is 1. The van der Waals surface area contributed by atoms with Crippen molar-refractivity contribution in [3.63, 3.8) is 0 Å². The van der Waals surface area contributed by atoms with Gasteiger partial charge in [0.05, 0.1) is 23.8 Å².